The number of aromatic nitrogens is 1. The maximum absolute atomic E-state index is 12.6. The number of hydrogen-bond donors (Lipinski definition) is 2. The number of non-ortho nitro benzene ring substituents is 1. The number of nitro benzene ring substituents is 1. The lowest BCUT2D eigenvalue weighted by atomic mass is 9.56. The van der Waals surface area contributed by atoms with E-state index in [2.05, 4.69) is 40.2 Å². The summed E-state index contributed by atoms with van der Waals surface area (Å²) in [5.74, 6) is 0.763. The highest BCUT2D eigenvalue weighted by molar-refractivity contribution is 5.93. The molecule has 1 aliphatic carbocycles. The smallest absolute Gasteiger partial charge is 0.279 e. The normalized spacial score (nSPS) is 23.4. The number of rotatable bonds is 6. The van der Waals surface area contributed by atoms with Crippen molar-refractivity contribution >= 4 is 16.6 Å². The van der Waals surface area contributed by atoms with Crippen molar-refractivity contribution in [1.29, 1.82) is 0 Å². The fourth-order valence-electron chi connectivity index (χ4n) is 6.66. The summed E-state index contributed by atoms with van der Waals surface area (Å²) in [5.41, 5.74) is 3.39. The van der Waals surface area contributed by atoms with Crippen molar-refractivity contribution < 1.29 is 14.8 Å². The van der Waals surface area contributed by atoms with Crippen LogP contribution < -0.4 is 4.74 Å². The average Bonchev–Trinajstić information content (AvgIpc) is 3.27. The van der Waals surface area contributed by atoms with E-state index >= 15 is 0 Å². The number of fused-ring (bicyclic) bond motifs is 4. The minimum atomic E-state index is -1.10. The van der Waals surface area contributed by atoms with Gasteiger partial charge < -0.3 is 19.7 Å². The quantitative estimate of drug-likeness (QED) is 0.295. The first-order valence-electron chi connectivity index (χ1n) is 12.8. The van der Waals surface area contributed by atoms with Gasteiger partial charge in [-0.25, -0.2) is 0 Å². The number of nitro groups is 1. The maximum Gasteiger partial charge on any atom is 0.279 e. The van der Waals surface area contributed by atoms with Crippen LogP contribution in [-0.2, 0) is 24.7 Å². The third kappa shape index (κ3) is 3.90. The van der Waals surface area contributed by atoms with E-state index in [4.69, 9.17) is 4.74 Å². The number of methoxy groups -OCH3 is 1. The number of aliphatic hydroxyl groups is 1. The third-order valence-electron chi connectivity index (χ3n) is 8.55. The Morgan fingerprint density at radius 2 is 1.89 bits per heavy atom. The van der Waals surface area contributed by atoms with Crippen molar-refractivity contribution in [3.63, 3.8) is 0 Å². The molecule has 1 saturated heterocycles. The van der Waals surface area contributed by atoms with Gasteiger partial charge in [0.25, 0.3) is 5.69 Å². The number of aromatic amines is 1. The summed E-state index contributed by atoms with van der Waals surface area (Å²) in [6.07, 6.45) is 2.63. The van der Waals surface area contributed by atoms with E-state index in [-0.39, 0.29) is 10.6 Å². The molecule has 0 unspecified atom stereocenters. The van der Waals surface area contributed by atoms with Gasteiger partial charge in [-0.2, -0.15) is 0 Å². The predicted molar refractivity (Wildman–Crippen MR) is 143 cm³/mol. The molecule has 4 aromatic rings. The van der Waals surface area contributed by atoms with E-state index in [0.29, 0.717) is 24.8 Å². The van der Waals surface area contributed by atoms with Crippen molar-refractivity contribution in [2.45, 2.75) is 36.7 Å². The average molecular weight is 498 g/mol. The fraction of sp³-hybridized carbons (Fsp3) is 0.333. The molecular weight excluding hydrogens is 466 g/mol. The van der Waals surface area contributed by atoms with Crippen molar-refractivity contribution in [1.82, 2.24) is 9.88 Å². The zero-order chi connectivity index (χ0) is 25.6. The van der Waals surface area contributed by atoms with Crippen molar-refractivity contribution in [3.05, 3.63) is 105 Å². The Morgan fingerprint density at radius 3 is 2.68 bits per heavy atom. The monoisotopic (exact) mass is 497 g/mol. The molecule has 0 saturated carbocycles. The zero-order valence-corrected chi connectivity index (χ0v) is 20.9. The number of benzene rings is 3. The molecule has 3 aromatic carbocycles. The highest BCUT2D eigenvalue weighted by Crippen LogP contribution is 2.52. The summed E-state index contributed by atoms with van der Waals surface area (Å²) >= 11 is 0. The highest BCUT2D eigenvalue weighted by atomic mass is 16.6. The van der Waals surface area contributed by atoms with Gasteiger partial charge in [-0.05, 0) is 54.3 Å². The van der Waals surface area contributed by atoms with Crippen LogP contribution in [0.2, 0.25) is 0 Å². The molecule has 190 valence electrons. The zero-order valence-electron chi connectivity index (χ0n) is 20.9. The minimum absolute atomic E-state index is 0.0872. The number of piperidine rings is 1. The summed E-state index contributed by atoms with van der Waals surface area (Å²) in [6.45, 7) is 2.22. The Kier molecular flexibility index (Phi) is 5.77. The van der Waals surface area contributed by atoms with Gasteiger partial charge in [0, 0.05) is 43.1 Å². The van der Waals surface area contributed by atoms with Gasteiger partial charge in [0.2, 0.25) is 0 Å². The van der Waals surface area contributed by atoms with E-state index in [1.807, 2.05) is 30.3 Å². The number of hydrogen-bond acceptors (Lipinski definition) is 5. The number of likely N-dealkylation sites (tertiary alicyclic amines) is 1. The van der Waals surface area contributed by atoms with E-state index in [9.17, 15) is 15.2 Å². The Balaban J connectivity index is 1.43. The van der Waals surface area contributed by atoms with Gasteiger partial charge in [0.1, 0.15) is 5.75 Å². The molecule has 7 heteroatoms. The molecule has 0 amide bonds. The first-order chi connectivity index (χ1) is 17.9. The summed E-state index contributed by atoms with van der Waals surface area (Å²) in [6, 6.07) is 23.6. The largest absolute Gasteiger partial charge is 0.497 e. The molecule has 1 fully saturated rings. The Labute approximate surface area is 215 Å². The number of ether oxygens (including phenoxy) is 1. The van der Waals surface area contributed by atoms with Crippen LogP contribution in [0.1, 0.15) is 28.8 Å². The van der Waals surface area contributed by atoms with Gasteiger partial charge in [-0.1, -0.05) is 48.5 Å². The molecule has 37 heavy (non-hydrogen) atoms. The first kappa shape index (κ1) is 23.7. The fourth-order valence-corrected chi connectivity index (χ4v) is 6.66. The second-order valence-corrected chi connectivity index (χ2v) is 10.5. The molecular formula is C30H31N3O4. The minimum Gasteiger partial charge on any atom is -0.497 e. The predicted octanol–water partition coefficient (Wildman–Crippen LogP) is 4.80. The summed E-state index contributed by atoms with van der Waals surface area (Å²) in [7, 11) is 1.66. The van der Waals surface area contributed by atoms with Crippen LogP contribution >= 0.6 is 0 Å². The van der Waals surface area contributed by atoms with Crippen LogP contribution in [0.3, 0.4) is 0 Å². The van der Waals surface area contributed by atoms with Crippen LogP contribution in [-0.4, -0.2) is 52.3 Å². The van der Waals surface area contributed by atoms with Gasteiger partial charge in [-0.3, -0.25) is 10.1 Å². The Morgan fingerprint density at radius 1 is 1.08 bits per heavy atom. The Hall–Kier alpha value is -3.68. The number of nitrogens with zero attached hydrogens (tertiary/aromatic N) is 2. The maximum atomic E-state index is 12.6. The van der Waals surface area contributed by atoms with E-state index in [0.717, 1.165) is 54.0 Å². The van der Waals surface area contributed by atoms with Crippen LogP contribution in [0.4, 0.5) is 5.69 Å². The molecule has 6 rings (SSSR count). The number of β-amino-alcohol motifs (C(OH)–C–C–N with tert-alkyl or cyclic N) is 1. The van der Waals surface area contributed by atoms with Gasteiger partial charge in [0.15, 0.2) is 0 Å². The van der Waals surface area contributed by atoms with Gasteiger partial charge in [0.05, 0.1) is 28.5 Å². The van der Waals surface area contributed by atoms with Gasteiger partial charge >= 0.3 is 0 Å². The molecule has 2 aliphatic rings. The van der Waals surface area contributed by atoms with E-state index in [1.54, 1.807) is 19.2 Å². The lowest BCUT2D eigenvalue weighted by molar-refractivity contribution is -0.383. The molecule has 2 N–H and O–H groups in total. The first-order valence-corrected chi connectivity index (χ1v) is 12.8. The standard InChI is InChI=1S/C30H31N3O4/c1-37-23-10-5-9-22(17-23)29-14-16-32(15-13-21-7-3-2-4-8-21)20-30(29,34)18-24-26(19-29)31-25-11-6-12-27(28(24)25)33(35)36/h2-12,17,31,34H,13-16,18-20H2,1H3/t29-,30-/m0/s1. The lowest BCUT2D eigenvalue weighted by Gasteiger charge is -2.56. The third-order valence-corrected chi connectivity index (χ3v) is 8.55. The second kappa shape index (κ2) is 9.01. The van der Waals surface area contributed by atoms with Crippen LogP contribution in [0.5, 0.6) is 5.75 Å². The summed E-state index contributed by atoms with van der Waals surface area (Å²) < 4.78 is 5.55. The van der Waals surface area contributed by atoms with Crippen molar-refractivity contribution in [2.24, 2.45) is 0 Å². The van der Waals surface area contributed by atoms with E-state index < -0.39 is 11.0 Å². The molecule has 1 aromatic heterocycles. The van der Waals surface area contributed by atoms with Gasteiger partial charge in [-0.15, -0.1) is 0 Å². The number of H-pyrrole nitrogens is 1. The SMILES string of the molecule is COc1cccc([C@@]23CCN(CCc4ccccc4)C[C@@]2(O)Cc2c([nH]c4cccc([N+](=O)[O-])c24)C3)c1. The molecule has 0 spiro atoms. The molecule has 0 radical (unpaired) electrons. The highest BCUT2D eigenvalue weighted by Gasteiger charge is 2.57. The lowest BCUT2D eigenvalue weighted by Crippen LogP contribution is -2.66. The van der Waals surface area contributed by atoms with Crippen molar-refractivity contribution in [2.75, 3.05) is 26.7 Å². The summed E-state index contributed by atoms with van der Waals surface area (Å²) in [5, 5.41) is 25.1. The van der Waals surface area contributed by atoms with E-state index in [1.165, 1.54) is 5.56 Å². The second-order valence-electron chi connectivity index (χ2n) is 10.5. The molecule has 1 aliphatic heterocycles. The summed E-state index contributed by atoms with van der Waals surface area (Å²) in [4.78, 5) is 17.4. The molecule has 2 heterocycles. The molecule has 0 bridgehead atoms. The van der Waals surface area contributed by atoms with Crippen LogP contribution in [0.25, 0.3) is 10.9 Å². The topological polar surface area (TPSA) is 91.6 Å². The molecule has 2 atom stereocenters. The van der Waals surface area contributed by atoms with Crippen LogP contribution in [0.15, 0.2) is 72.8 Å². The van der Waals surface area contributed by atoms with Crippen molar-refractivity contribution in [3.8, 4) is 5.75 Å². The Bertz CT molecular complexity index is 1470. The number of nitrogens with one attached hydrogen (secondary N) is 1. The van der Waals surface area contributed by atoms with Crippen LogP contribution in [0, 0.1) is 10.1 Å². The molecule has 7 nitrogen and oxygen atoms in total.